The molecule has 6 nitrogen and oxygen atoms in total. The van der Waals surface area contributed by atoms with Crippen molar-refractivity contribution in [2.45, 2.75) is 20.4 Å². The molecule has 0 fully saturated rings. The van der Waals surface area contributed by atoms with Crippen molar-refractivity contribution in [1.29, 1.82) is 0 Å². The first-order valence-electron chi connectivity index (χ1n) is 7.87. The van der Waals surface area contributed by atoms with Gasteiger partial charge in [-0.05, 0) is 31.5 Å². The molecule has 3 aromatic rings. The second kappa shape index (κ2) is 5.37. The van der Waals surface area contributed by atoms with Gasteiger partial charge in [0.2, 0.25) is 11.6 Å². The van der Waals surface area contributed by atoms with E-state index < -0.39 is 5.78 Å². The van der Waals surface area contributed by atoms with Crippen LogP contribution in [0, 0.1) is 13.8 Å². The van der Waals surface area contributed by atoms with E-state index in [4.69, 9.17) is 0 Å². The van der Waals surface area contributed by atoms with E-state index in [1.54, 1.807) is 6.07 Å². The summed E-state index contributed by atoms with van der Waals surface area (Å²) in [5.41, 5.74) is 3.54. The van der Waals surface area contributed by atoms with E-state index in [1.165, 1.54) is 16.8 Å². The van der Waals surface area contributed by atoms with Crippen molar-refractivity contribution < 1.29 is 14.7 Å². The Kier molecular flexibility index (Phi) is 3.28. The summed E-state index contributed by atoms with van der Waals surface area (Å²) in [5.74, 6) is -1.05. The minimum absolute atomic E-state index is 0.00144. The zero-order valence-electron chi connectivity index (χ0n) is 13.8. The molecular weight excluding hydrogens is 318 g/mol. The molecule has 4 rings (SSSR count). The van der Waals surface area contributed by atoms with E-state index in [2.05, 4.69) is 16.4 Å². The van der Waals surface area contributed by atoms with E-state index >= 15 is 0 Å². The van der Waals surface area contributed by atoms with E-state index in [-0.39, 0.29) is 34.0 Å². The molecule has 1 aliphatic rings. The summed E-state index contributed by atoms with van der Waals surface area (Å²) in [7, 11) is 0. The largest absolute Gasteiger partial charge is 0.507 e. The van der Waals surface area contributed by atoms with Crippen molar-refractivity contribution in [3.05, 3.63) is 75.6 Å². The number of hydrogen-bond donors (Lipinski definition) is 1. The van der Waals surface area contributed by atoms with Gasteiger partial charge in [-0.1, -0.05) is 40.6 Å². The van der Waals surface area contributed by atoms with Crippen LogP contribution in [0.5, 0.6) is 5.75 Å². The van der Waals surface area contributed by atoms with Crippen molar-refractivity contribution in [2.24, 2.45) is 0 Å². The number of aromatic nitrogens is 3. The average molecular weight is 333 g/mol. The van der Waals surface area contributed by atoms with Crippen LogP contribution in [0.25, 0.3) is 0 Å². The predicted octanol–water partition coefficient (Wildman–Crippen LogP) is 2.42. The first-order valence-corrected chi connectivity index (χ1v) is 7.87. The Labute approximate surface area is 143 Å². The van der Waals surface area contributed by atoms with Crippen LogP contribution in [0.4, 0.5) is 0 Å². The van der Waals surface area contributed by atoms with E-state index in [1.807, 2.05) is 26.0 Å². The minimum Gasteiger partial charge on any atom is -0.507 e. The van der Waals surface area contributed by atoms with Gasteiger partial charge in [-0.3, -0.25) is 9.59 Å². The monoisotopic (exact) mass is 333 g/mol. The topological polar surface area (TPSA) is 85.1 Å². The first-order chi connectivity index (χ1) is 12.0. The molecule has 0 radical (unpaired) electrons. The summed E-state index contributed by atoms with van der Waals surface area (Å²) in [5, 5.41) is 17.9. The third-order valence-electron chi connectivity index (χ3n) is 4.29. The molecular formula is C19H15N3O3. The number of fused-ring (bicyclic) bond motifs is 2. The van der Waals surface area contributed by atoms with Gasteiger partial charge in [-0.25, -0.2) is 4.68 Å². The van der Waals surface area contributed by atoms with Gasteiger partial charge < -0.3 is 5.11 Å². The van der Waals surface area contributed by atoms with Gasteiger partial charge in [-0.15, -0.1) is 5.10 Å². The highest BCUT2D eigenvalue weighted by molar-refractivity contribution is 6.27. The number of ketones is 2. The Balaban J connectivity index is 1.82. The molecule has 0 saturated carbocycles. The molecule has 0 amide bonds. The van der Waals surface area contributed by atoms with Crippen LogP contribution < -0.4 is 0 Å². The van der Waals surface area contributed by atoms with Crippen molar-refractivity contribution in [3.63, 3.8) is 0 Å². The maximum atomic E-state index is 12.8. The molecule has 0 unspecified atom stereocenters. The smallest absolute Gasteiger partial charge is 0.220 e. The summed E-state index contributed by atoms with van der Waals surface area (Å²) >= 11 is 0. The normalized spacial score (nSPS) is 12.9. The second-order valence-electron chi connectivity index (χ2n) is 6.30. The van der Waals surface area contributed by atoms with Crippen LogP contribution in [0.15, 0.2) is 36.4 Å². The Bertz CT molecular complexity index is 1030. The van der Waals surface area contributed by atoms with Gasteiger partial charge in [0.1, 0.15) is 11.4 Å². The average Bonchev–Trinajstić information content (AvgIpc) is 2.95. The summed E-state index contributed by atoms with van der Waals surface area (Å²) < 4.78 is 1.46. The molecule has 1 aromatic heterocycles. The number of aryl methyl sites for hydroxylation is 2. The third-order valence-corrected chi connectivity index (χ3v) is 4.29. The molecule has 0 spiro atoms. The highest BCUT2D eigenvalue weighted by atomic mass is 16.3. The molecule has 1 N–H and O–H groups in total. The maximum Gasteiger partial charge on any atom is 0.220 e. The van der Waals surface area contributed by atoms with Crippen LogP contribution in [-0.4, -0.2) is 31.7 Å². The van der Waals surface area contributed by atoms with E-state index in [9.17, 15) is 14.7 Å². The zero-order valence-corrected chi connectivity index (χ0v) is 13.8. The van der Waals surface area contributed by atoms with E-state index in [0.717, 1.165) is 16.7 Å². The van der Waals surface area contributed by atoms with Gasteiger partial charge >= 0.3 is 0 Å². The standard InChI is InChI=1S/C19H15N3O3/c1-10-6-11(2)8-12(7-10)9-22-17-16(20-21-22)19(25)15-13(18(17)24)4-3-5-14(15)23/h3-8,23H,9H2,1-2H3. The lowest BCUT2D eigenvalue weighted by molar-refractivity contribution is 0.0968. The van der Waals surface area contributed by atoms with Gasteiger partial charge in [0.25, 0.3) is 0 Å². The molecule has 25 heavy (non-hydrogen) atoms. The Morgan fingerprint density at radius 1 is 1.04 bits per heavy atom. The number of carbonyl (C=O) groups is 2. The highest BCUT2D eigenvalue weighted by Gasteiger charge is 2.36. The number of hydrogen-bond acceptors (Lipinski definition) is 5. The number of phenolic OH excluding ortho intramolecular Hbond substituents is 1. The molecule has 6 heteroatoms. The molecule has 0 bridgehead atoms. The van der Waals surface area contributed by atoms with Crippen LogP contribution in [-0.2, 0) is 6.54 Å². The van der Waals surface area contributed by atoms with Crippen molar-refractivity contribution in [2.75, 3.05) is 0 Å². The van der Waals surface area contributed by atoms with Gasteiger partial charge in [0.15, 0.2) is 5.69 Å². The lowest BCUT2D eigenvalue weighted by Crippen LogP contribution is -2.23. The maximum absolute atomic E-state index is 12.8. The lowest BCUT2D eigenvalue weighted by atomic mass is 9.89. The van der Waals surface area contributed by atoms with Crippen LogP contribution in [0.3, 0.4) is 0 Å². The van der Waals surface area contributed by atoms with Crippen LogP contribution >= 0.6 is 0 Å². The molecule has 1 heterocycles. The van der Waals surface area contributed by atoms with Crippen LogP contribution in [0.2, 0.25) is 0 Å². The highest BCUT2D eigenvalue weighted by Crippen LogP contribution is 2.31. The molecule has 0 atom stereocenters. The zero-order chi connectivity index (χ0) is 17.7. The quantitative estimate of drug-likeness (QED) is 0.609. The van der Waals surface area contributed by atoms with E-state index in [0.29, 0.717) is 6.54 Å². The predicted molar refractivity (Wildman–Crippen MR) is 90.0 cm³/mol. The Morgan fingerprint density at radius 3 is 2.48 bits per heavy atom. The van der Waals surface area contributed by atoms with Crippen molar-refractivity contribution in [3.8, 4) is 5.75 Å². The summed E-state index contributed by atoms with van der Waals surface area (Å²) in [6, 6.07) is 10.5. The first kappa shape index (κ1) is 15.3. The SMILES string of the molecule is Cc1cc(C)cc(Cn2nnc3c2C(=O)c2cccc(O)c2C3=O)c1. The Hall–Kier alpha value is -3.28. The minimum atomic E-state index is -0.477. The number of benzene rings is 2. The lowest BCUT2D eigenvalue weighted by Gasteiger charge is -2.15. The Morgan fingerprint density at radius 2 is 1.76 bits per heavy atom. The number of phenols is 1. The fourth-order valence-corrected chi connectivity index (χ4v) is 3.35. The molecule has 0 saturated heterocycles. The number of aromatic hydroxyl groups is 1. The summed E-state index contributed by atoms with van der Waals surface area (Å²) in [4.78, 5) is 25.5. The van der Waals surface area contributed by atoms with Crippen molar-refractivity contribution in [1.82, 2.24) is 15.0 Å². The molecule has 1 aliphatic carbocycles. The molecule has 2 aromatic carbocycles. The van der Waals surface area contributed by atoms with Crippen molar-refractivity contribution >= 4 is 11.6 Å². The number of nitrogens with zero attached hydrogens (tertiary/aromatic N) is 3. The summed E-state index contributed by atoms with van der Waals surface area (Å²) in [6.07, 6.45) is 0. The van der Waals surface area contributed by atoms with Gasteiger partial charge in [0, 0.05) is 5.56 Å². The fourth-order valence-electron chi connectivity index (χ4n) is 3.35. The number of carbonyl (C=O) groups excluding carboxylic acids is 2. The number of rotatable bonds is 2. The van der Waals surface area contributed by atoms with Gasteiger partial charge in [-0.2, -0.15) is 0 Å². The second-order valence-corrected chi connectivity index (χ2v) is 6.30. The summed E-state index contributed by atoms with van der Waals surface area (Å²) in [6.45, 7) is 4.35. The van der Waals surface area contributed by atoms with Crippen LogP contribution in [0.1, 0.15) is 48.8 Å². The van der Waals surface area contributed by atoms with Gasteiger partial charge in [0.05, 0.1) is 12.1 Å². The fraction of sp³-hybridized carbons (Fsp3) is 0.158. The molecule has 124 valence electrons. The third kappa shape index (κ3) is 2.34. The molecule has 0 aliphatic heterocycles.